The van der Waals surface area contributed by atoms with Gasteiger partial charge in [0.25, 0.3) is 0 Å². The van der Waals surface area contributed by atoms with Gasteiger partial charge in [-0.05, 0) is 24.1 Å². The molecule has 1 aromatic heterocycles. The van der Waals surface area contributed by atoms with Gasteiger partial charge in [-0.25, -0.2) is 9.78 Å². The van der Waals surface area contributed by atoms with Crippen LogP contribution < -0.4 is 0 Å². The number of carbonyl (C=O) groups is 1. The zero-order valence-corrected chi connectivity index (χ0v) is 16.8. The number of fused-ring (bicyclic) bond motifs is 1. The third kappa shape index (κ3) is 4.76. The van der Waals surface area contributed by atoms with Gasteiger partial charge >= 0.3 is 5.97 Å². The summed E-state index contributed by atoms with van der Waals surface area (Å²) in [6.07, 6.45) is 0.00524. The van der Waals surface area contributed by atoms with Gasteiger partial charge in [-0.15, -0.1) is 11.8 Å². The van der Waals surface area contributed by atoms with Crippen molar-refractivity contribution in [2.45, 2.75) is 17.0 Å². The number of benzene rings is 2. The first-order valence-electron chi connectivity index (χ1n) is 8.80. The van der Waals surface area contributed by atoms with Crippen LogP contribution in [0, 0.1) is 5.92 Å². The number of hydrogen-bond donors (Lipinski definition) is 2. The van der Waals surface area contributed by atoms with Crippen LogP contribution in [0.5, 0.6) is 0 Å². The number of aromatic nitrogens is 1. The number of para-hydroxylation sites is 1. The van der Waals surface area contributed by atoms with E-state index in [-0.39, 0.29) is 6.16 Å². The molecule has 0 amide bonds. The van der Waals surface area contributed by atoms with Crippen LogP contribution in [0.2, 0.25) is 0 Å². The number of aliphatic hydroxyl groups is 1. The highest BCUT2D eigenvalue weighted by atomic mass is 32.2. The van der Waals surface area contributed by atoms with Gasteiger partial charge in [-0.3, -0.25) is 4.57 Å². The molecular weight excluding hydrogens is 393 g/mol. The molecule has 0 bridgehead atoms. The van der Waals surface area contributed by atoms with Gasteiger partial charge in [0.15, 0.2) is 14.1 Å². The number of carboxylic acid groups (broad SMARTS) is 1. The van der Waals surface area contributed by atoms with Gasteiger partial charge in [0.2, 0.25) is 0 Å². The van der Waals surface area contributed by atoms with E-state index in [0.717, 1.165) is 21.5 Å². The fourth-order valence-electron chi connectivity index (χ4n) is 3.05. The van der Waals surface area contributed by atoms with Crippen molar-refractivity contribution >= 4 is 37.1 Å². The zero-order chi connectivity index (χ0) is 20.0. The second-order valence-corrected chi connectivity index (χ2v) is 8.17. The molecule has 0 aliphatic rings. The quantitative estimate of drug-likeness (QED) is 0.402. The standard InChI is InChI=1S/C21H20NO4PS/c23-20(24)21(25,14-27-26)17(12-15-6-2-1-3-7-15)13-28-19-11-10-16-8-4-5-9-18(16)22-19/h1-11,17,25H,12-14H2,(H,23,24). The van der Waals surface area contributed by atoms with Crippen molar-refractivity contribution in [3.05, 3.63) is 72.3 Å². The van der Waals surface area contributed by atoms with Gasteiger partial charge in [0, 0.05) is 17.1 Å². The summed E-state index contributed by atoms with van der Waals surface area (Å²) in [5, 5.41) is 22.2. The van der Waals surface area contributed by atoms with Crippen molar-refractivity contribution in [1.29, 1.82) is 0 Å². The maximum absolute atomic E-state index is 11.8. The summed E-state index contributed by atoms with van der Waals surface area (Å²) in [6.45, 7) is 0. The van der Waals surface area contributed by atoms with E-state index < -0.39 is 25.9 Å². The smallest absolute Gasteiger partial charge is 0.336 e. The van der Waals surface area contributed by atoms with Crippen molar-refractivity contribution in [3.63, 3.8) is 0 Å². The molecule has 0 saturated heterocycles. The van der Waals surface area contributed by atoms with E-state index in [1.807, 2.05) is 66.7 Å². The summed E-state index contributed by atoms with van der Waals surface area (Å²) < 4.78 is 11.2. The fourth-order valence-corrected chi connectivity index (χ4v) is 4.73. The van der Waals surface area contributed by atoms with Gasteiger partial charge in [-0.2, -0.15) is 0 Å². The Kier molecular flexibility index (Phi) is 6.79. The van der Waals surface area contributed by atoms with Crippen LogP contribution in [-0.4, -0.2) is 38.7 Å². The molecular formula is C21H20NO4PS. The lowest BCUT2D eigenvalue weighted by atomic mass is 9.85. The molecule has 3 rings (SSSR count). The van der Waals surface area contributed by atoms with Crippen LogP contribution >= 0.6 is 20.2 Å². The van der Waals surface area contributed by atoms with Crippen LogP contribution in [0.4, 0.5) is 0 Å². The molecule has 2 N–H and O–H groups in total. The predicted molar refractivity (Wildman–Crippen MR) is 111 cm³/mol. The molecule has 144 valence electrons. The molecule has 2 atom stereocenters. The lowest BCUT2D eigenvalue weighted by Crippen LogP contribution is -2.49. The first kappa shape index (κ1) is 20.5. The summed E-state index contributed by atoms with van der Waals surface area (Å²) in [5.74, 6) is -1.66. The van der Waals surface area contributed by atoms with E-state index >= 15 is 0 Å². The van der Waals surface area contributed by atoms with Crippen molar-refractivity contribution in [2.24, 2.45) is 5.92 Å². The maximum Gasteiger partial charge on any atom is 0.336 e. The molecule has 0 aliphatic carbocycles. The number of thioether (sulfide) groups is 1. The molecule has 0 spiro atoms. The highest BCUT2D eigenvalue weighted by molar-refractivity contribution is 7.99. The number of aliphatic carboxylic acids is 1. The van der Waals surface area contributed by atoms with Crippen molar-refractivity contribution in [2.75, 3.05) is 11.9 Å². The van der Waals surface area contributed by atoms with E-state index in [4.69, 9.17) is 0 Å². The lowest BCUT2D eigenvalue weighted by molar-refractivity contribution is -0.160. The molecule has 5 nitrogen and oxygen atoms in total. The maximum atomic E-state index is 11.8. The molecule has 2 unspecified atom stereocenters. The Hall–Kier alpha value is -2.27. The van der Waals surface area contributed by atoms with Gasteiger partial charge in [0.1, 0.15) is 0 Å². The molecule has 3 aromatic rings. The molecule has 0 aliphatic heterocycles. The number of rotatable bonds is 9. The highest BCUT2D eigenvalue weighted by Gasteiger charge is 2.44. The first-order valence-corrected chi connectivity index (χ1v) is 10.8. The Balaban J connectivity index is 1.84. The Morgan fingerprint density at radius 1 is 1.07 bits per heavy atom. The SMILES string of the molecule is O=PCC(O)(C(=O)O)C(CSc1ccc2ccccc2n1)Cc1ccccc1. The van der Waals surface area contributed by atoms with E-state index in [1.165, 1.54) is 11.8 Å². The topological polar surface area (TPSA) is 87.5 Å². The van der Waals surface area contributed by atoms with Gasteiger partial charge in [0.05, 0.1) is 16.7 Å². The Morgan fingerprint density at radius 2 is 1.79 bits per heavy atom. The summed E-state index contributed by atoms with van der Waals surface area (Å²) in [6, 6.07) is 21.0. The molecule has 2 aromatic carbocycles. The second-order valence-electron chi connectivity index (χ2n) is 6.56. The number of nitrogens with zero attached hydrogens (tertiary/aromatic N) is 1. The van der Waals surface area contributed by atoms with Crippen LogP contribution in [0.15, 0.2) is 71.8 Å². The van der Waals surface area contributed by atoms with E-state index in [1.54, 1.807) is 0 Å². The van der Waals surface area contributed by atoms with Crippen LogP contribution in [0.1, 0.15) is 5.56 Å². The minimum Gasteiger partial charge on any atom is -0.479 e. The average molecular weight is 413 g/mol. The van der Waals surface area contributed by atoms with Crippen molar-refractivity contribution < 1.29 is 19.6 Å². The summed E-state index contributed by atoms with van der Waals surface area (Å²) in [7, 11) is -0.399. The van der Waals surface area contributed by atoms with Gasteiger partial charge in [-0.1, -0.05) is 54.6 Å². The number of carboxylic acids is 1. The van der Waals surface area contributed by atoms with Crippen LogP contribution in [0.3, 0.4) is 0 Å². The minimum absolute atomic E-state index is 0.332. The zero-order valence-electron chi connectivity index (χ0n) is 15.1. The lowest BCUT2D eigenvalue weighted by Gasteiger charge is -2.30. The Labute approximate surface area is 169 Å². The van der Waals surface area contributed by atoms with Crippen molar-refractivity contribution in [3.8, 4) is 0 Å². The molecule has 28 heavy (non-hydrogen) atoms. The van der Waals surface area contributed by atoms with Crippen LogP contribution in [0.25, 0.3) is 10.9 Å². The fraction of sp³-hybridized carbons (Fsp3) is 0.238. The summed E-state index contributed by atoms with van der Waals surface area (Å²) in [5.41, 5.74) is -0.302. The molecule has 1 heterocycles. The normalized spacial score (nSPS) is 14.6. The number of pyridine rings is 1. The third-order valence-corrected chi connectivity index (χ3v) is 6.38. The minimum atomic E-state index is -2.08. The molecule has 7 heteroatoms. The first-order chi connectivity index (χ1) is 13.5. The molecule has 0 radical (unpaired) electrons. The highest BCUT2D eigenvalue weighted by Crippen LogP contribution is 2.32. The van der Waals surface area contributed by atoms with Crippen LogP contribution in [-0.2, 0) is 15.8 Å². The Morgan fingerprint density at radius 3 is 2.50 bits per heavy atom. The van der Waals surface area contributed by atoms with Gasteiger partial charge < -0.3 is 10.2 Å². The third-order valence-electron chi connectivity index (χ3n) is 4.68. The van der Waals surface area contributed by atoms with E-state index in [2.05, 4.69) is 4.98 Å². The largest absolute Gasteiger partial charge is 0.479 e. The monoisotopic (exact) mass is 413 g/mol. The second kappa shape index (κ2) is 9.28. The molecule has 0 saturated carbocycles. The Bertz CT molecular complexity index is 969. The predicted octanol–water partition coefficient (Wildman–Crippen LogP) is 4.29. The van der Waals surface area contributed by atoms with E-state index in [0.29, 0.717) is 12.2 Å². The number of hydrogen-bond acceptors (Lipinski definition) is 5. The average Bonchev–Trinajstić information content (AvgIpc) is 2.71. The van der Waals surface area contributed by atoms with E-state index in [9.17, 15) is 19.6 Å². The van der Waals surface area contributed by atoms with Crippen molar-refractivity contribution in [1.82, 2.24) is 4.98 Å². The summed E-state index contributed by atoms with van der Waals surface area (Å²) in [4.78, 5) is 16.4. The molecule has 0 fully saturated rings. The summed E-state index contributed by atoms with van der Waals surface area (Å²) >= 11 is 1.39.